The SMILES string of the molecule is CCc1ccccc1NC(=O)C1CCC(C(=O)Nc2ccc(C)cc2)CC1. The molecule has 27 heavy (non-hydrogen) atoms. The summed E-state index contributed by atoms with van der Waals surface area (Å²) < 4.78 is 0. The molecule has 0 spiro atoms. The molecule has 2 aromatic carbocycles. The molecular formula is C23H28N2O2. The standard InChI is InChI=1S/C23H28N2O2/c1-3-17-6-4-5-7-21(17)25-23(27)19-12-10-18(11-13-19)22(26)24-20-14-8-16(2)9-15-20/h4-9,14-15,18-19H,3,10-13H2,1-2H3,(H,24,26)(H,25,27). The van der Waals surface area contributed by atoms with E-state index in [0.717, 1.165) is 49.0 Å². The minimum absolute atomic E-state index is 0.0154. The van der Waals surface area contributed by atoms with Gasteiger partial charge in [-0.25, -0.2) is 0 Å². The van der Waals surface area contributed by atoms with Gasteiger partial charge in [-0.15, -0.1) is 0 Å². The molecule has 1 saturated carbocycles. The maximum Gasteiger partial charge on any atom is 0.227 e. The van der Waals surface area contributed by atoms with Gasteiger partial charge in [-0.05, 0) is 62.8 Å². The van der Waals surface area contributed by atoms with Crippen LogP contribution in [0, 0.1) is 18.8 Å². The van der Waals surface area contributed by atoms with Crippen LogP contribution in [0.5, 0.6) is 0 Å². The van der Waals surface area contributed by atoms with Gasteiger partial charge >= 0.3 is 0 Å². The van der Waals surface area contributed by atoms with Crippen LogP contribution in [0.25, 0.3) is 0 Å². The highest BCUT2D eigenvalue weighted by molar-refractivity contribution is 5.94. The van der Waals surface area contributed by atoms with Gasteiger partial charge in [0.25, 0.3) is 0 Å². The number of hydrogen-bond acceptors (Lipinski definition) is 2. The monoisotopic (exact) mass is 364 g/mol. The van der Waals surface area contributed by atoms with Crippen LogP contribution < -0.4 is 10.6 Å². The Hall–Kier alpha value is -2.62. The van der Waals surface area contributed by atoms with E-state index in [2.05, 4.69) is 17.6 Å². The zero-order valence-electron chi connectivity index (χ0n) is 16.1. The van der Waals surface area contributed by atoms with Crippen molar-refractivity contribution in [2.75, 3.05) is 10.6 Å². The maximum atomic E-state index is 12.6. The molecule has 0 heterocycles. The van der Waals surface area contributed by atoms with Crippen molar-refractivity contribution < 1.29 is 9.59 Å². The third-order valence-electron chi connectivity index (χ3n) is 5.44. The molecule has 0 radical (unpaired) electrons. The van der Waals surface area contributed by atoms with Gasteiger partial charge in [-0.2, -0.15) is 0 Å². The molecule has 2 aromatic rings. The molecule has 142 valence electrons. The van der Waals surface area contributed by atoms with Crippen molar-refractivity contribution in [1.82, 2.24) is 0 Å². The minimum Gasteiger partial charge on any atom is -0.326 e. The number of para-hydroxylation sites is 1. The minimum atomic E-state index is -0.0155. The number of nitrogens with one attached hydrogen (secondary N) is 2. The van der Waals surface area contributed by atoms with Crippen LogP contribution >= 0.6 is 0 Å². The zero-order chi connectivity index (χ0) is 19.2. The normalized spacial score (nSPS) is 19.3. The van der Waals surface area contributed by atoms with E-state index < -0.39 is 0 Å². The second kappa shape index (κ2) is 8.85. The predicted molar refractivity (Wildman–Crippen MR) is 110 cm³/mol. The highest BCUT2D eigenvalue weighted by Crippen LogP contribution is 2.31. The van der Waals surface area contributed by atoms with E-state index in [1.54, 1.807) is 0 Å². The largest absolute Gasteiger partial charge is 0.326 e. The van der Waals surface area contributed by atoms with Crippen LogP contribution in [0.3, 0.4) is 0 Å². The number of carbonyl (C=O) groups excluding carboxylic acids is 2. The Kier molecular flexibility index (Phi) is 6.28. The molecule has 4 nitrogen and oxygen atoms in total. The topological polar surface area (TPSA) is 58.2 Å². The zero-order valence-corrected chi connectivity index (χ0v) is 16.1. The molecule has 3 rings (SSSR count). The molecule has 0 unspecified atom stereocenters. The molecular weight excluding hydrogens is 336 g/mol. The van der Waals surface area contributed by atoms with E-state index in [1.165, 1.54) is 5.56 Å². The first-order valence-corrected chi connectivity index (χ1v) is 9.83. The van der Waals surface area contributed by atoms with Crippen LogP contribution in [0.4, 0.5) is 11.4 Å². The quantitative estimate of drug-likeness (QED) is 0.789. The third-order valence-corrected chi connectivity index (χ3v) is 5.44. The van der Waals surface area contributed by atoms with E-state index in [0.29, 0.717) is 0 Å². The van der Waals surface area contributed by atoms with Gasteiger partial charge in [0, 0.05) is 23.2 Å². The molecule has 0 aliphatic heterocycles. The van der Waals surface area contributed by atoms with Crippen LogP contribution in [0.1, 0.15) is 43.7 Å². The summed E-state index contributed by atoms with van der Waals surface area (Å²) >= 11 is 0. The van der Waals surface area contributed by atoms with E-state index in [-0.39, 0.29) is 23.7 Å². The fraction of sp³-hybridized carbons (Fsp3) is 0.391. The van der Waals surface area contributed by atoms with Gasteiger partial charge in [0.2, 0.25) is 11.8 Å². The number of aryl methyl sites for hydroxylation is 2. The average Bonchev–Trinajstić information content (AvgIpc) is 2.70. The lowest BCUT2D eigenvalue weighted by Gasteiger charge is -2.27. The molecule has 2 N–H and O–H groups in total. The summed E-state index contributed by atoms with van der Waals surface area (Å²) in [6.07, 6.45) is 3.91. The number of carbonyl (C=O) groups is 2. The lowest BCUT2D eigenvalue weighted by Crippen LogP contribution is -2.32. The Morgan fingerprint density at radius 3 is 2.00 bits per heavy atom. The first kappa shape index (κ1) is 19.2. The second-order valence-electron chi connectivity index (χ2n) is 7.40. The molecule has 0 bridgehead atoms. The van der Waals surface area contributed by atoms with Crippen molar-refractivity contribution in [3.63, 3.8) is 0 Å². The van der Waals surface area contributed by atoms with E-state index in [1.807, 2.05) is 55.5 Å². The molecule has 2 amide bonds. The van der Waals surface area contributed by atoms with Gasteiger partial charge in [-0.1, -0.05) is 42.8 Å². The van der Waals surface area contributed by atoms with Crippen molar-refractivity contribution in [2.24, 2.45) is 11.8 Å². The van der Waals surface area contributed by atoms with Crippen LogP contribution in [0.2, 0.25) is 0 Å². The van der Waals surface area contributed by atoms with Gasteiger partial charge in [0.05, 0.1) is 0 Å². The van der Waals surface area contributed by atoms with Crippen molar-refractivity contribution in [3.05, 3.63) is 59.7 Å². The first-order valence-electron chi connectivity index (χ1n) is 9.83. The second-order valence-corrected chi connectivity index (χ2v) is 7.40. The summed E-state index contributed by atoms with van der Waals surface area (Å²) in [5.41, 5.74) is 4.06. The number of anilines is 2. The highest BCUT2D eigenvalue weighted by atomic mass is 16.2. The summed E-state index contributed by atoms with van der Waals surface area (Å²) in [7, 11) is 0. The molecule has 0 atom stereocenters. The summed E-state index contributed by atoms with van der Waals surface area (Å²) in [4.78, 5) is 25.1. The van der Waals surface area contributed by atoms with Crippen LogP contribution in [-0.2, 0) is 16.0 Å². The average molecular weight is 364 g/mol. The Labute approximate surface area is 161 Å². The lowest BCUT2D eigenvalue weighted by atomic mass is 9.81. The van der Waals surface area contributed by atoms with Gasteiger partial charge in [-0.3, -0.25) is 9.59 Å². The maximum absolute atomic E-state index is 12.6. The number of rotatable bonds is 5. The van der Waals surface area contributed by atoms with Crippen LogP contribution in [0.15, 0.2) is 48.5 Å². The van der Waals surface area contributed by atoms with Gasteiger partial charge < -0.3 is 10.6 Å². The fourth-order valence-electron chi connectivity index (χ4n) is 3.68. The van der Waals surface area contributed by atoms with E-state index in [9.17, 15) is 9.59 Å². The Bertz CT molecular complexity index is 790. The Morgan fingerprint density at radius 2 is 1.41 bits per heavy atom. The Morgan fingerprint density at radius 1 is 0.852 bits per heavy atom. The molecule has 4 heteroatoms. The Balaban J connectivity index is 1.51. The molecule has 1 aliphatic rings. The number of amides is 2. The predicted octanol–water partition coefficient (Wildman–Crippen LogP) is 4.94. The van der Waals surface area contributed by atoms with Gasteiger partial charge in [0.1, 0.15) is 0 Å². The van der Waals surface area contributed by atoms with E-state index in [4.69, 9.17) is 0 Å². The summed E-state index contributed by atoms with van der Waals surface area (Å²) in [5.74, 6) is 0.110. The summed E-state index contributed by atoms with van der Waals surface area (Å²) in [5, 5.41) is 6.08. The van der Waals surface area contributed by atoms with Crippen molar-refractivity contribution in [2.45, 2.75) is 46.0 Å². The lowest BCUT2D eigenvalue weighted by molar-refractivity contribution is -0.125. The fourth-order valence-corrected chi connectivity index (χ4v) is 3.68. The van der Waals surface area contributed by atoms with Crippen molar-refractivity contribution >= 4 is 23.2 Å². The van der Waals surface area contributed by atoms with Crippen molar-refractivity contribution in [3.8, 4) is 0 Å². The smallest absolute Gasteiger partial charge is 0.227 e. The van der Waals surface area contributed by atoms with E-state index >= 15 is 0 Å². The third kappa shape index (κ3) is 4.97. The highest BCUT2D eigenvalue weighted by Gasteiger charge is 2.30. The summed E-state index contributed by atoms with van der Waals surface area (Å²) in [6.45, 7) is 4.11. The van der Waals surface area contributed by atoms with Crippen molar-refractivity contribution in [1.29, 1.82) is 0 Å². The van der Waals surface area contributed by atoms with Gasteiger partial charge in [0.15, 0.2) is 0 Å². The molecule has 1 fully saturated rings. The number of benzene rings is 2. The molecule has 0 aromatic heterocycles. The molecule has 0 saturated heterocycles. The first-order chi connectivity index (χ1) is 13.1. The van der Waals surface area contributed by atoms with Crippen LogP contribution in [-0.4, -0.2) is 11.8 Å². The number of hydrogen-bond donors (Lipinski definition) is 2. The molecule has 1 aliphatic carbocycles. The summed E-state index contributed by atoms with van der Waals surface area (Å²) in [6, 6.07) is 15.8.